The summed E-state index contributed by atoms with van der Waals surface area (Å²) in [4.78, 5) is 42.4. The first kappa shape index (κ1) is 16.2. The van der Waals surface area contributed by atoms with Crippen LogP contribution in [0.1, 0.15) is 32.1 Å². The van der Waals surface area contributed by atoms with Gasteiger partial charge in [0.05, 0.1) is 13.2 Å². The van der Waals surface area contributed by atoms with E-state index in [9.17, 15) is 14.4 Å². The van der Waals surface area contributed by atoms with Gasteiger partial charge in [0.25, 0.3) is 11.8 Å². The van der Waals surface area contributed by atoms with Crippen molar-refractivity contribution in [3.63, 3.8) is 0 Å². The van der Waals surface area contributed by atoms with Gasteiger partial charge in [0.2, 0.25) is 12.0 Å². The number of nitrogens with zero attached hydrogens (tertiary/aromatic N) is 3. The minimum atomic E-state index is -1.54. The van der Waals surface area contributed by atoms with Gasteiger partial charge in [-0.25, -0.2) is 0 Å². The summed E-state index contributed by atoms with van der Waals surface area (Å²) in [5.74, 6) is -0.530. The largest absolute Gasteiger partial charge is 0.353 e. The molecule has 0 bridgehead atoms. The van der Waals surface area contributed by atoms with Crippen molar-refractivity contribution in [1.82, 2.24) is 14.7 Å². The molecule has 0 N–H and O–H groups in total. The fourth-order valence-electron chi connectivity index (χ4n) is 3.72. The molecule has 7 heteroatoms. The molecule has 0 aromatic heterocycles. The van der Waals surface area contributed by atoms with Crippen LogP contribution in [-0.4, -0.2) is 84.4 Å². The van der Waals surface area contributed by atoms with E-state index in [0.717, 1.165) is 32.1 Å². The summed E-state index contributed by atoms with van der Waals surface area (Å²) >= 11 is 0. The summed E-state index contributed by atoms with van der Waals surface area (Å²) in [7, 11) is 0. The Balaban J connectivity index is 1.86. The molecule has 3 heterocycles. The lowest BCUT2D eigenvalue weighted by Crippen LogP contribution is -2.67. The molecule has 1 unspecified atom stereocenters. The molecule has 7 nitrogen and oxygen atoms in total. The second kappa shape index (κ2) is 6.86. The summed E-state index contributed by atoms with van der Waals surface area (Å²) in [6, 6.07) is 0. The summed E-state index contributed by atoms with van der Waals surface area (Å²) in [5, 5.41) is 0. The number of carbonyl (C=O) groups excluding carboxylic acids is 3. The summed E-state index contributed by atoms with van der Waals surface area (Å²) in [5.41, 5.74) is -1.54. The van der Waals surface area contributed by atoms with Crippen LogP contribution in [0.3, 0.4) is 0 Å². The Morgan fingerprint density at radius 1 is 0.826 bits per heavy atom. The molecule has 1 atom stereocenters. The number of piperidine rings is 1. The van der Waals surface area contributed by atoms with Crippen LogP contribution in [-0.2, 0) is 19.1 Å². The van der Waals surface area contributed by atoms with E-state index in [1.54, 1.807) is 9.80 Å². The summed E-state index contributed by atoms with van der Waals surface area (Å²) < 4.78 is 5.80. The molecule has 0 radical (unpaired) electrons. The minimum absolute atomic E-state index is 0.0289. The molecule has 0 aromatic rings. The minimum Gasteiger partial charge on any atom is -0.353 e. The lowest BCUT2D eigenvalue weighted by molar-refractivity contribution is -0.185. The number of amides is 3. The smallest absolute Gasteiger partial charge is 0.266 e. The number of carbonyl (C=O) groups is 3. The Hall–Kier alpha value is -1.63. The van der Waals surface area contributed by atoms with Gasteiger partial charge in [0.1, 0.15) is 0 Å². The SMILES string of the molecule is O=CN1CCOC(C(=O)N2CCCCC2)(C(=O)N2CCCC2)C1. The average Bonchev–Trinajstić information content (AvgIpc) is 3.15. The number of ether oxygens (including phenoxy) is 1. The van der Waals surface area contributed by atoms with Gasteiger partial charge in [-0.05, 0) is 32.1 Å². The zero-order valence-electron chi connectivity index (χ0n) is 13.5. The van der Waals surface area contributed by atoms with Crippen molar-refractivity contribution < 1.29 is 19.1 Å². The number of rotatable bonds is 3. The van der Waals surface area contributed by atoms with Gasteiger partial charge in [-0.15, -0.1) is 0 Å². The lowest BCUT2D eigenvalue weighted by Gasteiger charge is -2.43. The molecule has 3 aliphatic rings. The predicted molar refractivity (Wildman–Crippen MR) is 82.6 cm³/mol. The highest BCUT2D eigenvalue weighted by molar-refractivity contribution is 6.09. The van der Waals surface area contributed by atoms with E-state index in [1.165, 1.54) is 4.90 Å². The molecule has 0 saturated carbocycles. The molecule has 3 aliphatic heterocycles. The Bertz CT molecular complexity index is 472. The molecule has 0 spiro atoms. The molecule has 3 amide bonds. The lowest BCUT2D eigenvalue weighted by atomic mass is 9.96. The van der Waals surface area contributed by atoms with Crippen molar-refractivity contribution in [2.75, 3.05) is 45.9 Å². The normalized spacial score (nSPS) is 28.8. The van der Waals surface area contributed by atoms with E-state index in [0.29, 0.717) is 39.1 Å². The fraction of sp³-hybridized carbons (Fsp3) is 0.812. The highest BCUT2D eigenvalue weighted by atomic mass is 16.5. The maximum Gasteiger partial charge on any atom is 0.266 e. The van der Waals surface area contributed by atoms with Crippen molar-refractivity contribution in [2.45, 2.75) is 37.7 Å². The van der Waals surface area contributed by atoms with Gasteiger partial charge in [-0.2, -0.15) is 0 Å². The third-order valence-corrected chi connectivity index (χ3v) is 5.03. The first-order chi connectivity index (χ1) is 11.2. The Morgan fingerprint density at radius 3 is 1.87 bits per heavy atom. The van der Waals surface area contributed by atoms with E-state index >= 15 is 0 Å². The molecular formula is C16H25N3O4. The van der Waals surface area contributed by atoms with E-state index < -0.39 is 5.60 Å². The number of morpholine rings is 1. The van der Waals surface area contributed by atoms with E-state index in [-0.39, 0.29) is 25.0 Å². The Morgan fingerprint density at radius 2 is 1.35 bits per heavy atom. The fourth-order valence-corrected chi connectivity index (χ4v) is 3.72. The molecule has 3 saturated heterocycles. The van der Waals surface area contributed by atoms with Crippen LogP contribution < -0.4 is 0 Å². The van der Waals surface area contributed by atoms with Crippen molar-refractivity contribution in [1.29, 1.82) is 0 Å². The van der Waals surface area contributed by atoms with Crippen LogP contribution in [0.25, 0.3) is 0 Å². The second-order valence-electron chi connectivity index (χ2n) is 6.60. The second-order valence-corrected chi connectivity index (χ2v) is 6.60. The van der Waals surface area contributed by atoms with Gasteiger partial charge >= 0.3 is 0 Å². The first-order valence-corrected chi connectivity index (χ1v) is 8.59. The highest BCUT2D eigenvalue weighted by Gasteiger charge is 2.54. The highest BCUT2D eigenvalue weighted by Crippen LogP contribution is 2.27. The number of hydrogen-bond acceptors (Lipinski definition) is 4. The summed E-state index contributed by atoms with van der Waals surface area (Å²) in [6.07, 6.45) is 5.64. The van der Waals surface area contributed by atoms with Crippen molar-refractivity contribution in [3.8, 4) is 0 Å². The maximum atomic E-state index is 13.1. The van der Waals surface area contributed by atoms with E-state index in [1.807, 2.05) is 0 Å². The number of hydrogen-bond donors (Lipinski definition) is 0. The van der Waals surface area contributed by atoms with Crippen molar-refractivity contribution in [2.24, 2.45) is 0 Å². The van der Waals surface area contributed by atoms with Crippen molar-refractivity contribution >= 4 is 18.2 Å². The van der Waals surface area contributed by atoms with Crippen LogP contribution in [0.5, 0.6) is 0 Å². The van der Waals surface area contributed by atoms with E-state index in [4.69, 9.17) is 4.74 Å². The monoisotopic (exact) mass is 323 g/mol. The zero-order valence-corrected chi connectivity index (χ0v) is 13.5. The Kier molecular flexibility index (Phi) is 4.84. The zero-order chi connectivity index (χ0) is 16.3. The van der Waals surface area contributed by atoms with Crippen LogP contribution in [0.15, 0.2) is 0 Å². The number of likely N-dealkylation sites (tertiary alicyclic amines) is 2. The van der Waals surface area contributed by atoms with Gasteiger partial charge in [0, 0.05) is 32.7 Å². The topological polar surface area (TPSA) is 70.2 Å². The van der Waals surface area contributed by atoms with Crippen LogP contribution in [0, 0.1) is 0 Å². The molecule has 23 heavy (non-hydrogen) atoms. The third-order valence-electron chi connectivity index (χ3n) is 5.03. The standard InChI is InChI=1S/C16H25N3O4/c20-13-17-10-11-23-16(12-17,15(22)19-8-4-5-9-19)14(21)18-6-2-1-3-7-18/h13H,1-12H2. The van der Waals surface area contributed by atoms with Gasteiger partial charge in [-0.3, -0.25) is 14.4 Å². The van der Waals surface area contributed by atoms with Crippen LogP contribution in [0.2, 0.25) is 0 Å². The van der Waals surface area contributed by atoms with Crippen molar-refractivity contribution in [3.05, 3.63) is 0 Å². The predicted octanol–water partition coefficient (Wildman–Crippen LogP) is -0.151. The molecule has 0 aliphatic carbocycles. The maximum absolute atomic E-state index is 13.1. The first-order valence-electron chi connectivity index (χ1n) is 8.59. The molecule has 0 aromatic carbocycles. The molecule has 128 valence electrons. The van der Waals surface area contributed by atoms with Gasteiger partial charge in [0.15, 0.2) is 0 Å². The van der Waals surface area contributed by atoms with Gasteiger partial charge < -0.3 is 19.4 Å². The third kappa shape index (κ3) is 3.06. The Labute approximate surface area is 136 Å². The van der Waals surface area contributed by atoms with E-state index in [2.05, 4.69) is 0 Å². The van der Waals surface area contributed by atoms with Crippen LogP contribution in [0.4, 0.5) is 0 Å². The van der Waals surface area contributed by atoms with Crippen LogP contribution >= 0.6 is 0 Å². The molecular weight excluding hydrogens is 298 g/mol. The quantitative estimate of drug-likeness (QED) is 0.535. The van der Waals surface area contributed by atoms with Gasteiger partial charge in [-0.1, -0.05) is 0 Å². The average molecular weight is 323 g/mol. The summed E-state index contributed by atoms with van der Waals surface area (Å²) in [6.45, 7) is 3.33. The molecule has 3 fully saturated rings. The molecule has 3 rings (SSSR count).